The Balaban J connectivity index is 1.63. The van der Waals surface area contributed by atoms with E-state index in [-0.39, 0.29) is 4.90 Å². The Morgan fingerprint density at radius 1 is 1.12 bits per heavy atom. The highest BCUT2D eigenvalue weighted by Crippen LogP contribution is 2.32. The highest BCUT2D eigenvalue weighted by atomic mass is 32.2. The molecule has 0 spiro atoms. The molecule has 8 heteroatoms. The number of nitrogens with one attached hydrogen (secondary N) is 1. The van der Waals surface area contributed by atoms with Crippen molar-refractivity contribution in [3.63, 3.8) is 0 Å². The van der Waals surface area contributed by atoms with Crippen molar-refractivity contribution in [2.24, 2.45) is 0 Å². The third-order valence-corrected chi connectivity index (χ3v) is 6.57. The van der Waals surface area contributed by atoms with Gasteiger partial charge in [-0.2, -0.15) is 0 Å². The highest BCUT2D eigenvalue weighted by Gasteiger charge is 2.18. The van der Waals surface area contributed by atoms with Gasteiger partial charge in [-0.3, -0.25) is 4.72 Å². The van der Waals surface area contributed by atoms with Gasteiger partial charge >= 0.3 is 0 Å². The molecule has 130 valence electrons. The molecule has 1 aliphatic rings. The van der Waals surface area contributed by atoms with E-state index in [1.165, 1.54) is 31.0 Å². The van der Waals surface area contributed by atoms with Crippen molar-refractivity contribution in [3.05, 3.63) is 48.3 Å². The molecular weight excluding hydrogens is 361 g/mol. The van der Waals surface area contributed by atoms with Gasteiger partial charge in [0, 0.05) is 13.1 Å². The Morgan fingerprint density at radius 2 is 1.92 bits per heavy atom. The number of thiazole rings is 1. The van der Waals surface area contributed by atoms with E-state index in [0.29, 0.717) is 5.69 Å². The van der Waals surface area contributed by atoms with Gasteiger partial charge in [0.1, 0.15) is 5.82 Å². The predicted octanol–water partition coefficient (Wildman–Crippen LogP) is 3.84. The molecule has 5 nitrogen and oxygen atoms in total. The summed E-state index contributed by atoms with van der Waals surface area (Å²) in [5.41, 5.74) is 1.29. The van der Waals surface area contributed by atoms with Crippen molar-refractivity contribution >= 4 is 42.4 Å². The summed E-state index contributed by atoms with van der Waals surface area (Å²) in [6.45, 7) is 2.03. The Bertz CT molecular complexity index is 1030. The molecule has 4 rings (SSSR count). The summed E-state index contributed by atoms with van der Waals surface area (Å²) in [6.07, 6.45) is 2.35. The van der Waals surface area contributed by atoms with Crippen molar-refractivity contribution < 1.29 is 12.8 Å². The number of nitrogens with zero attached hydrogens (tertiary/aromatic N) is 2. The summed E-state index contributed by atoms with van der Waals surface area (Å²) in [6, 6.07) is 10.2. The van der Waals surface area contributed by atoms with Crippen LogP contribution in [0.2, 0.25) is 0 Å². The first-order valence-corrected chi connectivity index (χ1v) is 10.3. The summed E-state index contributed by atoms with van der Waals surface area (Å²) in [7, 11) is -3.83. The normalized spacial score (nSPS) is 15.0. The number of hydrogen-bond acceptors (Lipinski definition) is 5. The molecule has 0 atom stereocenters. The molecular formula is C17H16FN3O2S2. The van der Waals surface area contributed by atoms with E-state index in [0.717, 1.165) is 34.5 Å². The van der Waals surface area contributed by atoms with Crippen LogP contribution < -0.4 is 9.62 Å². The first-order valence-electron chi connectivity index (χ1n) is 7.95. The minimum Gasteiger partial charge on any atom is -0.348 e. The lowest BCUT2D eigenvalue weighted by atomic mass is 10.3. The maximum atomic E-state index is 13.3. The lowest BCUT2D eigenvalue weighted by Gasteiger charge is -2.11. The molecule has 2 aromatic carbocycles. The molecule has 0 unspecified atom stereocenters. The number of hydrogen-bond donors (Lipinski definition) is 1. The van der Waals surface area contributed by atoms with E-state index in [1.54, 1.807) is 29.5 Å². The zero-order valence-corrected chi connectivity index (χ0v) is 14.9. The van der Waals surface area contributed by atoms with Crippen molar-refractivity contribution in [3.8, 4) is 0 Å². The van der Waals surface area contributed by atoms with Gasteiger partial charge in [-0.1, -0.05) is 17.4 Å². The van der Waals surface area contributed by atoms with Crippen molar-refractivity contribution in [1.29, 1.82) is 0 Å². The minimum absolute atomic E-state index is 0.102. The summed E-state index contributed by atoms with van der Waals surface area (Å²) in [5.74, 6) is -0.587. The number of fused-ring (bicyclic) bond motifs is 1. The second-order valence-electron chi connectivity index (χ2n) is 5.94. The Hall–Kier alpha value is -2.19. The van der Waals surface area contributed by atoms with Crippen LogP contribution in [0.25, 0.3) is 10.2 Å². The molecule has 0 amide bonds. The first-order chi connectivity index (χ1) is 12.0. The Morgan fingerprint density at radius 3 is 2.68 bits per heavy atom. The average Bonchev–Trinajstić information content (AvgIpc) is 3.23. The Kier molecular flexibility index (Phi) is 4.09. The van der Waals surface area contributed by atoms with E-state index in [4.69, 9.17) is 0 Å². The number of halogens is 1. The van der Waals surface area contributed by atoms with Crippen LogP contribution in [-0.2, 0) is 10.0 Å². The molecule has 0 bridgehead atoms. The fraction of sp³-hybridized carbons (Fsp3) is 0.235. The van der Waals surface area contributed by atoms with Crippen LogP contribution >= 0.6 is 11.3 Å². The molecule has 1 fully saturated rings. The van der Waals surface area contributed by atoms with Crippen molar-refractivity contribution in [1.82, 2.24) is 4.98 Å². The monoisotopic (exact) mass is 377 g/mol. The summed E-state index contributed by atoms with van der Waals surface area (Å²) in [4.78, 5) is 6.77. The van der Waals surface area contributed by atoms with E-state index in [9.17, 15) is 12.8 Å². The number of sulfonamides is 1. The summed E-state index contributed by atoms with van der Waals surface area (Å²) < 4.78 is 41.5. The number of aromatic nitrogens is 1. The summed E-state index contributed by atoms with van der Waals surface area (Å²) >= 11 is 1.55. The largest absolute Gasteiger partial charge is 0.348 e. The quantitative estimate of drug-likeness (QED) is 0.750. The van der Waals surface area contributed by atoms with Gasteiger partial charge in [0.15, 0.2) is 5.13 Å². The van der Waals surface area contributed by atoms with Gasteiger partial charge in [-0.15, -0.1) is 0 Å². The van der Waals surface area contributed by atoms with Crippen molar-refractivity contribution in [2.75, 3.05) is 22.7 Å². The average molecular weight is 377 g/mol. The minimum atomic E-state index is -3.83. The SMILES string of the molecule is O=S(=O)(Nc1ccc2nc(N3CCCC3)sc2c1)c1cccc(F)c1. The van der Waals surface area contributed by atoms with Crippen LogP contribution in [0.4, 0.5) is 15.2 Å². The van der Waals surface area contributed by atoms with Gasteiger partial charge < -0.3 is 4.90 Å². The molecule has 3 aromatic rings. The van der Waals surface area contributed by atoms with Crippen LogP contribution in [0.3, 0.4) is 0 Å². The van der Waals surface area contributed by atoms with E-state index in [2.05, 4.69) is 14.6 Å². The zero-order chi connectivity index (χ0) is 17.4. The topological polar surface area (TPSA) is 62.3 Å². The molecule has 1 N–H and O–H groups in total. The lowest BCUT2D eigenvalue weighted by molar-refractivity contribution is 0.595. The van der Waals surface area contributed by atoms with Gasteiger partial charge in [0.2, 0.25) is 0 Å². The van der Waals surface area contributed by atoms with Crippen molar-refractivity contribution in [2.45, 2.75) is 17.7 Å². The molecule has 25 heavy (non-hydrogen) atoms. The number of anilines is 2. The maximum absolute atomic E-state index is 13.3. The van der Waals surface area contributed by atoms with Gasteiger partial charge in [0.25, 0.3) is 10.0 Å². The van der Waals surface area contributed by atoms with Crippen LogP contribution in [0.15, 0.2) is 47.4 Å². The zero-order valence-electron chi connectivity index (χ0n) is 13.3. The third-order valence-electron chi connectivity index (χ3n) is 4.11. The molecule has 1 aliphatic heterocycles. The second kappa shape index (κ2) is 6.27. The van der Waals surface area contributed by atoms with Gasteiger partial charge in [-0.05, 0) is 49.2 Å². The molecule has 0 aliphatic carbocycles. The molecule has 2 heterocycles. The second-order valence-corrected chi connectivity index (χ2v) is 8.63. The fourth-order valence-corrected chi connectivity index (χ4v) is 5.00. The van der Waals surface area contributed by atoms with E-state index >= 15 is 0 Å². The van der Waals surface area contributed by atoms with Gasteiger partial charge in [0.05, 0.1) is 20.8 Å². The van der Waals surface area contributed by atoms with Gasteiger partial charge in [-0.25, -0.2) is 17.8 Å². The van der Waals surface area contributed by atoms with Crippen LogP contribution in [-0.4, -0.2) is 26.5 Å². The standard InChI is InChI=1S/C17H16FN3O2S2/c18-12-4-3-5-14(10-12)25(22,23)20-13-6-7-15-16(11-13)24-17(19-15)21-8-1-2-9-21/h3-7,10-11,20H,1-2,8-9H2. The van der Waals surface area contributed by atoms with Crippen LogP contribution in [0.1, 0.15) is 12.8 Å². The molecule has 0 saturated carbocycles. The van der Waals surface area contributed by atoms with E-state index in [1.807, 2.05) is 0 Å². The smallest absolute Gasteiger partial charge is 0.261 e. The Labute approximate surface area is 149 Å². The van der Waals surface area contributed by atoms with Crippen LogP contribution in [0, 0.1) is 5.82 Å². The van der Waals surface area contributed by atoms with Crippen LogP contribution in [0.5, 0.6) is 0 Å². The lowest BCUT2D eigenvalue weighted by Crippen LogP contribution is -2.16. The predicted molar refractivity (Wildman–Crippen MR) is 98.3 cm³/mol. The highest BCUT2D eigenvalue weighted by molar-refractivity contribution is 7.92. The number of rotatable bonds is 4. The molecule has 0 radical (unpaired) electrons. The molecule has 1 aromatic heterocycles. The molecule has 1 saturated heterocycles. The number of benzene rings is 2. The fourth-order valence-electron chi connectivity index (χ4n) is 2.87. The maximum Gasteiger partial charge on any atom is 0.261 e. The summed E-state index contributed by atoms with van der Waals surface area (Å²) in [5, 5.41) is 0.970. The third kappa shape index (κ3) is 3.32. The first kappa shape index (κ1) is 16.3. The van der Waals surface area contributed by atoms with E-state index < -0.39 is 15.8 Å².